The molecule has 2 N–H and O–H groups in total. The minimum Gasteiger partial charge on any atom is -0.326 e. The van der Waals surface area contributed by atoms with Crippen LogP contribution in [-0.2, 0) is 14.8 Å². The molecular formula is C15H17ClN2O3S2. The lowest BCUT2D eigenvalue weighted by Gasteiger charge is -2.18. The third-order valence-corrected chi connectivity index (χ3v) is 5.76. The van der Waals surface area contributed by atoms with Gasteiger partial charge in [0.05, 0.1) is 10.6 Å². The van der Waals surface area contributed by atoms with Crippen molar-refractivity contribution in [3.8, 4) is 0 Å². The van der Waals surface area contributed by atoms with Gasteiger partial charge in [0.15, 0.2) is 0 Å². The van der Waals surface area contributed by atoms with Crippen LogP contribution in [0.5, 0.6) is 0 Å². The average Bonchev–Trinajstić information content (AvgIpc) is 2.47. The lowest BCUT2D eigenvalue weighted by Crippen LogP contribution is -2.24. The second kappa shape index (κ2) is 7.42. The maximum absolute atomic E-state index is 12.5. The number of sulfonamides is 1. The van der Waals surface area contributed by atoms with Crippen LogP contribution < -0.4 is 10.0 Å². The van der Waals surface area contributed by atoms with E-state index in [0.29, 0.717) is 22.8 Å². The Balaban J connectivity index is 2.25. The fraction of sp³-hybridized carbons (Fsp3) is 0.267. The number of hydrogen-bond acceptors (Lipinski definition) is 4. The molecule has 0 saturated carbocycles. The van der Waals surface area contributed by atoms with E-state index >= 15 is 0 Å². The SMILES string of the molecule is CSC1=C(NS(=O)(=O)c2ccc(NC(C)=O)cc2)C=C(Cl)CC1. The van der Waals surface area contributed by atoms with Gasteiger partial charge in [0.1, 0.15) is 0 Å². The molecule has 0 unspecified atom stereocenters. The summed E-state index contributed by atoms with van der Waals surface area (Å²) in [7, 11) is -3.71. The molecule has 0 saturated heterocycles. The molecule has 0 fully saturated rings. The Bertz CT molecular complexity index is 768. The van der Waals surface area contributed by atoms with Gasteiger partial charge in [-0.25, -0.2) is 8.42 Å². The maximum atomic E-state index is 12.5. The minimum absolute atomic E-state index is 0.120. The van der Waals surface area contributed by atoms with Crippen molar-refractivity contribution in [2.45, 2.75) is 24.7 Å². The first-order valence-corrected chi connectivity index (χ1v) is 9.94. The van der Waals surface area contributed by atoms with Crippen molar-refractivity contribution in [3.05, 3.63) is 46.0 Å². The predicted molar refractivity (Wildman–Crippen MR) is 94.8 cm³/mol. The van der Waals surface area contributed by atoms with E-state index in [-0.39, 0.29) is 10.8 Å². The van der Waals surface area contributed by atoms with Crippen LogP contribution in [0.1, 0.15) is 19.8 Å². The highest BCUT2D eigenvalue weighted by Crippen LogP contribution is 2.31. The number of rotatable bonds is 5. The summed E-state index contributed by atoms with van der Waals surface area (Å²) >= 11 is 7.52. The van der Waals surface area contributed by atoms with Crippen molar-refractivity contribution in [2.24, 2.45) is 0 Å². The Morgan fingerprint density at radius 1 is 1.22 bits per heavy atom. The summed E-state index contributed by atoms with van der Waals surface area (Å²) in [6.07, 6.45) is 4.99. The summed E-state index contributed by atoms with van der Waals surface area (Å²) in [5.74, 6) is -0.213. The van der Waals surface area contributed by atoms with Crippen LogP contribution in [0.2, 0.25) is 0 Å². The van der Waals surface area contributed by atoms with Crippen molar-refractivity contribution in [3.63, 3.8) is 0 Å². The number of amides is 1. The number of halogens is 1. The first-order chi connectivity index (χ1) is 10.8. The van der Waals surface area contributed by atoms with E-state index in [4.69, 9.17) is 11.6 Å². The molecule has 2 rings (SSSR count). The number of carbonyl (C=O) groups excluding carboxylic acids is 1. The standard InChI is InChI=1S/C15H17ClN2O3S2/c1-10(19)17-12-4-6-13(7-5-12)23(20,21)18-14-9-11(16)3-8-15(14)22-2/h4-7,9,18H,3,8H2,1-2H3,(H,17,19). The van der Waals surface area contributed by atoms with Crippen molar-refractivity contribution < 1.29 is 13.2 Å². The fourth-order valence-electron chi connectivity index (χ4n) is 2.10. The van der Waals surface area contributed by atoms with E-state index in [9.17, 15) is 13.2 Å². The van der Waals surface area contributed by atoms with Crippen molar-refractivity contribution >= 4 is 45.0 Å². The van der Waals surface area contributed by atoms with Crippen LogP contribution in [0.3, 0.4) is 0 Å². The van der Waals surface area contributed by atoms with Gasteiger partial charge < -0.3 is 5.32 Å². The largest absolute Gasteiger partial charge is 0.326 e. The van der Waals surface area contributed by atoms with E-state index in [1.807, 2.05) is 6.26 Å². The van der Waals surface area contributed by atoms with Crippen LogP contribution in [0, 0.1) is 0 Å². The zero-order valence-electron chi connectivity index (χ0n) is 12.7. The Kier molecular flexibility index (Phi) is 5.78. The number of allylic oxidation sites excluding steroid dienone is 3. The molecular weight excluding hydrogens is 356 g/mol. The summed E-state index contributed by atoms with van der Waals surface area (Å²) in [6, 6.07) is 5.98. The first kappa shape index (κ1) is 17.9. The lowest BCUT2D eigenvalue weighted by atomic mass is 10.1. The second-order valence-electron chi connectivity index (χ2n) is 4.94. The summed E-state index contributed by atoms with van der Waals surface area (Å²) < 4.78 is 27.6. The normalized spacial score (nSPS) is 15.2. The topological polar surface area (TPSA) is 75.3 Å². The molecule has 23 heavy (non-hydrogen) atoms. The molecule has 0 aromatic heterocycles. The van der Waals surface area contributed by atoms with Gasteiger partial charge in [0.25, 0.3) is 10.0 Å². The molecule has 1 aromatic rings. The van der Waals surface area contributed by atoms with Crippen molar-refractivity contribution in [2.75, 3.05) is 11.6 Å². The zero-order valence-corrected chi connectivity index (χ0v) is 15.1. The number of benzene rings is 1. The van der Waals surface area contributed by atoms with E-state index in [2.05, 4.69) is 10.0 Å². The summed E-state index contributed by atoms with van der Waals surface area (Å²) in [4.78, 5) is 12.1. The van der Waals surface area contributed by atoms with Crippen LogP contribution in [-0.4, -0.2) is 20.6 Å². The second-order valence-corrected chi connectivity index (χ2v) is 8.01. The molecule has 0 radical (unpaired) electrons. The Hall–Kier alpha value is -1.44. The highest BCUT2D eigenvalue weighted by molar-refractivity contribution is 8.02. The van der Waals surface area contributed by atoms with E-state index < -0.39 is 10.0 Å². The van der Waals surface area contributed by atoms with Crippen LogP contribution in [0.25, 0.3) is 0 Å². The van der Waals surface area contributed by atoms with Gasteiger partial charge in [-0.05, 0) is 49.4 Å². The van der Waals surface area contributed by atoms with E-state index in [1.54, 1.807) is 18.2 Å². The van der Waals surface area contributed by atoms with Gasteiger partial charge in [0.2, 0.25) is 5.91 Å². The zero-order chi connectivity index (χ0) is 17.0. The molecule has 0 spiro atoms. The fourth-order valence-corrected chi connectivity index (χ4v) is 4.09. The molecule has 124 valence electrons. The van der Waals surface area contributed by atoms with Gasteiger partial charge in [0, 0.05) is 22.5 Å². The Morgan fingerprint density at radius 3 is 2.43 bits per heavy atom. The summed E-state index contributed by atoms with van der Waals surface area (Å²) in [5, 5.41) is 3.22. The quantitative estimate of drug-likeness (QED) is 0.830. The third kappa shape index (κ3) is 4.76. The highest BCUT2D eigenvalue weighted by atomic mass is 35.5. The number of carbonyl (C=O) groups is 1. The van der Waals surface area contributed by atoms with Gasteiger partial charge in [-0.2, -0.15) is 0 Å². The van der Waals surface area contributed by atoms with Crippen molar-refractivity contribution in [1.82, 2.24) is 4.72 Å². The molecule has 8 heteroatoms. The van der Waals surface area contributed by atoms with Gasteiger partial charge in [-0.1, -0.05) is 11.6 Å². The molecule has 1 aliphatic carbocycles. The van der Waals surface area contributed by atoms with Crippen LogP contribution in [0.15, 0.2) is 50.9 Å². The van der Waals surface area contributed by atoms with E-state index in [0.717, 1.165) is 11.3 Å². The van der Waals surface area contributed by atoms with E-state index in [1.165, 1.54) is 30.8 Å². The number of anilines is 1. The minimum atomic E-state index is -3.71. The first-order valence-electron chi connectivity index (χ1n) is 6.85. The molecule has 1 amide bonds. The van der Waals surface area contributed by atoms with Crippen molar-refractivity contribution in [1.29, 1.82) is 0 Å². The molecule has 0 heterocycles. The monoisotopic (exact) mass is 372 g/mol. The predicted octanol–water partition coefficient (Wildman–Crippen LogP) is 3.41. The molecule has 5 nitrogen and oxygen atoms in total. The third-order valence-electron chi connectivity index (χ3n) is 3.17. The van der Waals surface area contributed by atoms with Gasteiger partial charge in [-0.15, -0.1) is 11.8 Å². The average molecular weight is 373 g/mol. The van der Waals surface area contributed by atoms with Crippen LogP contribution >= 0.6 is 23.4 Å². The van der Waals surface area contributed by atoms with Gasteiger partial charge >= 0.3 is 0 Å². The summed E-state index contributed by atoms with van der Waals surface area (Å²) in [5.41, 5.74) is 1.06. The number of thioether (sulfide) groups is 1. The number of nitrogens with one attached hydrogen (secondary N) is 2. The van der Waals surface area contributed by atoms with Gasteiger partial charge in [-0.3, -0.25) is 9.52 Å². The maximum Gasteiger partial charge on any atom is 0.261 e. The molecule has 1 aliphatic rings. The Morgan fingerprint density at radius 2 is 1.87 bits per heavy atom. The van der Waals surface area contributed by atoms with Crippen LogP contribution in [0.4, 0.5) is 5.69 Å². The summed E-state index contributed by atoms with van der Waals surface area (Å²) in [6.45, 7) is 1.39. The lowest BCUT2D eigenvalue weighted by molar-refractivity contribution is -0.114. The molecule has 0 aliphatic heterocycles. The Labute approximate surface area is 145 Å². The molecule has 0 bridgehead atoms. The smallest absolute Gasteiger partial charge is 0.261 e. The number of hydrogen-bond donors (Lipinski definition) is 2. The molecule has 0 atom stereocenters. The highest BCUT2D eigenvalue weighted by Gasteiger charge is 2.19. The molecule has 1 aromatic carbocycles.